The molecule has 3 rings (SSSR count). The molecule has 0 spiro atoms. The van der Waals surface area contributed by atoms with Gasteiger partial charge in [0.15, 0.2) is 15.0 Å². The number of rotatable bonds is 11. The van der Waals surface area contributed by atoms with Crippen molar-refractivity contribution in [2.45, 2.75) is 38.5 Å². The standard InChI is InChI=1S/C24H29ClFN3O3S2.ClH/c1-4-28(5-2)14-15-29(24-27-23-17(3)20(25)12-13-21(23)33-24)22(30)7-6-16-34(31,32)19-10-8-18(26)9-11-19;/h8-13H,4-7,14-16H2,1-3H3;1H. The first-order chi connectivity index (χ1) is 16.2. The SMILES string of the molecule is CCN(CC)CCN(C(=O)CCCS(=O)(=O)c1ccc(F)cc1)c1nc2c(C)c(Cl)ccc2s1.Cl. The monoisotopic (exact) mass is 561 g/mol. The van der Waals surface area contributed by atoms with Gasteiger partial charge >= 0.3 is 0 Å². The van der Waals surface area contributed by atoms with Crippen LogP contribution in [0.1, 0.15) is 32.3 Å². The van der Waals surface area contributed by atoms with Crippen molar-refractivity contribution in [1.82, 2.24) is 9.88 Å². The number of sulfone groups is 1. The van der Waals surface area contributed by atoms with E-state index in [-0.39, 0.29) is 41.8 Å². The molecule has 0 aliphatic carbocycles. The van der Waals surface area contributed by atoms with Crippen LogP contribution in [0.2, 0.25) is 5.02 Å². The van der Waals surface area contributed by atoms with Crippen molar-refractivity contribution >= 4 is 66.4 Å². The summed E-state index contributed by atoms with van der Waals surface area (Å²) in [5, 5.41) is 1.20. The largest absolute Gasteiger partial charge is 0.302 e. The lowest BCUT2D eigenvalue weighted by atomic mass is 10.2. The lowest BCUT2D eigenvalue weighted by Gasteiger charge is -2.24. The fraction of sp³-hybridized carbons (Fsp3) is 0.417. The van der Waals surface area contributed by atoms with Crippen molar-refractivity contribution in [1.29, 1.82) is 0 Å². The van der Waals surface area contributed by atoms with Gasteiger partial charge in [-0.25, -0.2) is 17.8 Å². The number of anilines is 1. The second-order valence-corrected chi connectivity index (χ2v) is 11.5. The van der Waals surface area contributed by atoms with Gasteiger partial charge in [0.05, 0.1) is 20.9 Å². The topological polar surface area (TPSA) is 70.6 Å². The fourth-order valence-electron chi connectivity index (χ4n) is 3.62. The molecule has 0 aliphatic heterocycles. The number of aromatic nitrogens is 1. The third kappa shape index (κ3) is 7.36. The predicted molar refractivity (Wildman–Crippen MR) is 144 cm³/mol. The number of amides is 1. The van der Waals surface area contributed by atoms with E-state index >= 15 is 0 Å². The van der Waals surface area contributed by atoms with E-state index in [2.05, 4.69) is 18.7 Å². The van der Waals surface area contributed by atoms with Gasteiger partial charge in [0.1, 0.15) is 5.82 Å². The molecule has 6 nitrogen and oxygen atoms in total. The maximum atomic E-state index is 13.2. The maximum absolute atomic E-state index is 13.2. The zero-order valence-electron chi connectivity index (χ0n) is 20.0. The van der Waals surface area contributed by atoms with E-state index in [0.717, 1.165) is 41.0 Å². The third-order valence-corrected chi connectivity index (χ3v) is 9.05. The average Bonchev–Trinajstić information content (AvgIpc) is 3.24. The van der Waals surface area contributed by atoms with Gasteiger partial charge in [-0.15, -0.1) is 12.4 Å². The van der Waals surface area contributed by atoms with Gasteiger partial charge in [0.2, 0.25) is 5.91 Å². The Bertz CT molecular complexity index is 1250. The predicted octanol–water partition coefficient (Wildman–Crippen LogP) is 5.75. The average molecular weight is 563 g/mol. The van der Waals surface area contributed by atoms with Crippen molar-refractivity contribution < 1.29 is 17.6 Å². The Morgan fingerprint density at radius 1 is 1.09 bits per heavy atom. The number of carbonyl (C=O) groups is 1. The highest BCUT2D eigenvalue weighted by molar-refractivity contribution is 7.91. The zero-order valence-corrected chi connectivity index (χ0v) is 23.2. The second kappa shape index (κ2) is 13.0. The molecule has 35 heavy (non-hydrogen) atoms. The van der Waals surface area contributed by atoms with Crippen molar-refractivity contribution in [2.75, 3.05) is 36.8 Å². The van der Waals surface area contributed by atoms with Crippen LogP contribution in [-0.4, -0.2) is 56.1 Å². The lowest BCUT2D eigenvalue weighted by Crippen LogP contribution is -2.38. The number of hydrogen-bond donors (Lipinski definition) is 0. The molecule has 2 aromatic carbocycles. The number of carbonyl (C=O) groups excluding carboxylic acids is 1. The summed E-state index contributed by atoms with van der Waals surface area (Å²) in [4.78, 5) is 21.9. The van der Waals surface area contributed by atoms with E-state index in [1.54, 1.807) is 4.90 Å². The van der Waals surface area contributed by atoms with Gasteiger partial charge in [-0.2, -0.15) is 0 Å². The van der Waals surface area contributed by atoms with Crippen LogP contribution in [0.3, 0.4) is 0 Å². The fourth-order valence-corrected chi connectivity index (χ4v) is 6.15. The molecule has 1 amide bonds. The summed E-state index contributed by atoms with van der Waals surface area (Å²) in [6, 6.07) is 8.45. The summed E-state index contributed by atoms with van der Waals surface area (Å²) in [5.74, 6) is -0.863. The Morgan fingerprint density at radius 2 is 1.74 bits per heavy atom. The number of benzene rings is 2. The highest BCUT2D eigenvalue weighted by Crippen LogP contribution is 2.34. The molecule has 1 heterocycles. The molecule has 1 aromatic heterocycles. The molecule has 0 saturated carbocycles. The first-order valence-electron chi connectivity index (χ1n) is 11.2. The Labute approximate surface area is 221 Å². The first-order valence-corrected chi connectivity index (χ1v) is 14.1. The molecule has 3 aromatic rings. The molecule has 11 heteroatoms. The summed E-state index contributed by atoms with van der Waals surface area (Å²) in [6.07, 6.45) is 0.227. The number of thiazole rings is 1. The molecule has 0 aliphatic rings. The van der Waals surface area contributed by atoms with E-state index in [4.69, 9.17) is 16.6 Å². The number of hydrogen-bond acceptors (Lipinski definition) is 6. The van der Waals surface area contributed by atoms with Crippen LogP contribution >= 0.6 is 35.3 Å². The summed E-state index contributed by atoms with van der Waals surface area (Å²) in [5.41, 5.74) is 1.63. The van der Waals surface area contributed by atoms with Gasteiger partial charge in [-0.3, -0.25) is 9.69 Å². The Morgan fingerprint density at radius 3 is 2.37 bits per heavy atom. The Balaban J connectivity index is 0.00000432. The van der Waals surface area contributed by atoms with Gasteiger partial charge in [-0.1, -0.05) is 36.8 Å². The van der Waals surface area contributed by atoms with Crippen LogP contribution in [-0.2, 0) is 14.6 Å². The third-order valence-electron chi connectivity index (χ3n) is 5.78. The van der Waals surface area contributed by atoms with E-state index in [1.807, 2.05) is 19.1 Å². The van der Waals surface area contributed by atoms with Crippen molar-refractivity contribution in [2.24, 2.45) is 0 Å². The van der Waals surface area contributed by atoms with Crippen LogP contribution < -0.4 is 4.90 Å². The van der Waals surface area contributed by atoms with E-state index in [0.29, 0.717) is 23.2 Å². The van der Waals surface area contributed by atoms with Crippen LogP contribution in [0.4, 0.5) is 9.52 Å². The van der Waals surface area contributed by atoms with Crippen molar-refractivity contribution in [3.8, 4) is 0 Å². The number of fused-ring (bicyclic) bond motifs is 1. The summed E-state index contributed by atoms with van der Waals surface area (Å²) >= 11 is 7.67. The van der Waals surface area contributed by atoms with Crippen LogP contribution in [0.5, 0.6) is 0 Å². The van der Waals surface area contributed by atoms with Crippen LogP contribution in [0, 0.1) is 12.7 Å². The summed E-state index contributed by atoms with van der Waals surface area (Å²) < 4.78 is 39.2. The Kier molecular flexibility index (Phi) is 10.9. The van der Waals surface area contributed by atoms with Gasteiger partial charge in [-0.05, 0) is 68.4 Å². The second-order valence-electron chi connectivity index (χ2n) is 7.96. The van der Waals surface area contributed by atoms with Crippen molar-refractivity contribution in [3.63, 3.8) is 0 Å². The van der Waals surface area contributed by atoms with E-state index in [1.165, 1.54) is 23.5 Å². The minimum absolute atomic E-state index is 0. The molecule has 0 unspecified atom stereocenters. The first kappa shape index (κ1) is 29.5. The number of likely N-dealkylation sites (N-methyl/N-ethyl adjacent to an activating group) is 1. The lowest BCUT2D eigenvalue weighted by molar-refractivity contribution is -0.118. The summed E-state index contributed by atoms with van der Waals surface area (Å²) in [7, 11) is -3.60. The van der Waals surface area contributed by atoms with Crippen molar-refractivity contribution in [3.05, 3.63) is 52.8 Å². The molecule has 0 N–H and O–H groups in total. The molecule has 0 fully saturated rings. The number of halogens is 3. The highest BCUT2D eigenvalue weighted by Gasteiger charge is 2.22. The number of aryl methyl sites for hydroxylation is 1. The van der Waals surface area contributed by atoms with Gasteiger partial charge < -0.3 is 4.90 Å². The van der Waals surface area contributed by atoms with Crippen LogP contribution in [0.25, 0.3) is 10.2 Å². The zero-order chi connectivity index (χ0) is 24.9. The van der Waals surface area contributed by atoms with E-state index in [9.17, 15) is 17.6 Å². The molecule has 0 atom stereocenters. The maximum Gasteiger partial charge on any atom is 0.228 e. The highest BCUT2D eigenvalue weighted by atomic mass is 35.5. The minimum Gasteiger partial charge on any atom is -0.302 e. The van der Waals surface area contributed by atoms with Crippen LogP contribution in [0.15, 0.2) is 41.3 Å². The smallest absolute Gasteiger partial charge is 0.228 e. The van der Waals surface area contributed by atoms with Gasteiger partial charge in [0, 0.05) is 24.5 Å². The molecular formula is C24H30Cl2FN3O3S2. The van der Waals surface area contributed by atoms with E-state index < -0.39 is 15.7 Å². The molecule has 0 saturated heterocycles. The van der Waals surface area contributed by atoms with Gasteiger partial charge in [0.25, 0.3) is 0 Å². The molecule has 0 radical (unpaired) electrons. The number of nitrogens with zero attached hydrogens (tertiary/aromatic N) is 3. The molecule has 192 valence electrons. The quantitative estimate of drug-likeness (QED) is 0.279. The molecular weight excluding hydrogens is 532 g/mol. The minimum atomic E-state index is -3.60. The summed E-state index contributed by atoms with van der Waals surface area (Å²) in [6.45, 7) is 8.90. The molecule has 0 bridgehead atoms. The Hall–Kier alpha value is -1.78. The normalized spacial score (nSPS) is 11.6.